The molecular weight excluding hydrogens is 361 g/mol. The minimum Gasteiger partial charge on any atom is -0.299 e. The summed E-state index contributed by atoms with van der Waals surface area (Å²) in [4.78, 5) is 25.2. The highest BCUT2D eigenvalue weighted by molar-refractivity contribution is 9.10. The van der Waals surface area contributed by atoms with Gasteiger partial charge in [0.25, 0.3) is 0 Å². The van der Waals surface area contributed by atoms with Crippen molar-refractivity contribution in [2.75, 3.05) is 0 Å². The zero-order valence-electron chi connectivity index (χ0n) is 11.9. The lowest BCUT2D eigenvalue weighted by molar-refractivity contribution is -0.119. The molecule has 0 aromatic heterocycles. The van der Waals surface area contributed by atoms with E-state index < -0.39 is 13.8 Å². The van der Waals surface area contributed by atoms with Crippen molar-refractivity contribution in [3.63, 3.8) is 0 Å². The Bertz CT molecular complexity index is 540. The molecule has 0 saturated heterocycles. The van der Waals surface area contributed by atoms with E-state index in [1.807, 2.05) is 18.2 Å². The van der Waals surface area contributed by atoms with Gasteiger partial charge in [-0.3, -0.25) is 18.2 Å². The molecule has 0 bridgehead atoms. The minimum atomic E-state index is -1.00. The third-order valence-corrected chi connectivity index (χ3v) is 5.88. The minimum absolute atomic E-state index is 0.0289. The quantitative estimate of drug-likeness (QED) is 0.566. The van der Waals surface area contributed by atoms with Gasteiger partial charge in [0.15, 0.2) is 5.78 Å². The predicted octanol–water partition coefficient (Wildman–Crippen LogP) is 4.43. The maximum atomic E-state index is 12.5. The van der Waals surface area contributed by atoms with E-state index in [1.54, 1.807) is 11.8 Å². The van der Waals surface area contributed by atoms with E-state index in [1.165, 1.54) is 6.92 Å². The molecule has 1 heterocycles. The van der Waals surface area contributed by atoms with E-state index >= 15 is 0 Å². The Hall–Kier alpha value is -0.685. The number of benzene rings is 1. The summed E-state index contributed by atoms with van der Waals surface area (Å²) in [5.74, 6) is -0.280. The molecule has 1 aliphatic heterocycles. The highest BCUT2D eigenvalue weighted by atomic mass is 79.9. The van der Waals surface area contributed by atoms with E-state index in [0.717, 1.165) is 9.37 Å². The van der Waals surface area contributed by atoms with Crippen LogP contribution in [0.3, 0.4) is 0 Å². The molecule has 0 N–H and O–H groups in total. The molecule has 0 fully saturated rings. The molecule has 21 heavy (non-hydrogen) atoms. The fourth-order valence-corrected chi connectivity index (χ4v) is 4.40. The zero-order chi connectivity index (χ0) is 16.2. The number of rotatable bonds is 2. The molecule has 7 heteroatoms. The van der Waals surface area contributed by atoms with Crippen LogP contribution in [0.4, 0.5) is 8.63 Å². The van der Waals surface area contributed by atoms with Gasteiger partial charge in [-0.1, -0.05) is 26.0 Å². The summed E-state index contributed by atoms with van der Waals surface area (Å²) in [5, 5.41) is 0.0289. The second-order valence-corrected chi connectivity index (χ2v) is 7.02. The Morgan fingerprint density at radius 3 is 2.43 bits per heavy atom. The predicted molar refractivity (Wildman–Crippen MR) is 85.1 cm³/mol. The van der Waals surface area contributed by atoms with Gasteiger partial charge >= 0.3 is 7.83 Å². The lowest BCUT2D eigenvalue weighted by Crippen LogP contribution is -2.38. The van der Waals surface area contributed by atoms with Crippen molar-refractivity contribution >= 4 is 47.1 Å². The number of hydrogen-bond donors (Lipinski definition) is 0. The van der Waals surface area contributed by atoms with Crippen LogP contribution in [0.5, 0.6) is 0 Å². The van der Waals surface area contributed by atoms with Crippen molar-refractivity contribution in [3.05, 3.63) is 28.2 Å². The Labute approximate surface area is 136 Å². The molecule has 1 radical (unpaired) electrons. The lowest BCUT2D eigenvalue weighted by Gasteiger charge is -2.32. The van der Waals surface area contributed by atoms with Crippen LogP contribution in [0, 0.1) is 11.8 Å². The summed E-state index contributed by atoms with van der Waals surface area (Å²) < 4.78 is 19.9. The normalized spacial score (nSPS) is 20.4. The smallest absolute Gasteiger partial charge is 0.299 e. The number of thioether (sulfide) groups is 1. The number of fused-ring (bicyclic) bond motifs is 1. The van der Waals surface area contributed by atoms with Crippen molar-refractivity contribution in [1.29, 1.82) is 0 Å². The first kappa shape index (κ1) is 18.4. The average molecular weight is 376 g/mol. The van der Waals surface area contributed by atoms with E-state index in [-0.39, 0.29) is 22.7 Å². The molecule has 2 nitrogen and oxygen atoms in total. The van der Waals surface area contributed by atoms with Gasteiger partial charge in [0, 0.05) is 20.2 Å². The molecule has 0 saturated carbocycles. The highest BCUT2D eigenvalue weighted by Gasteiger charge is 2.41. The second-order valence-electron chi connectivity index (χ2n) is 4.98. The molecule has 1 aliphatic rings. The summed E-state index contributed by atoms with van der Waals surface area (Å²) >= 11 is 5.13. The number of halogens is 3. The summed E-state index contributed by atoms with van der Waals surface area (Å²) in [7, 11) is -1.00. The molecule has 2 unspecified atom stereocenters. The fraction of sp³-hybridized carbons (Fsp3) is 0.429. The summed E-state index contributed by atoms with van der Waals surface area (Å²) in [6.07, 6.45) is 0. The van der Waals surface area contributed by atoms with Gasteiger partial charge in [-0.15, -0.1) is 11.8 Å². The van der Waals surface area contributed by atoms with Crippen LogP contribution >= 0.6 is 27.7 Å². The second kappa shape index (κ2) is 8.08. The van der Waals surface area contributed by atoms with Gasteiger partial charge < -0.3 is 0 Å². The SMILES string of the molecule is CC(=O)C1C(=O)c2cccc(Br)c2SC1C(C)C.F[B]F. The van der Waals surface area contributed by atoms with Gasteiger partial charge in [0.2, 0.25) is 0 Å². The van der Waals surface area contributed by atoms with Gasteiger partial charge in [0.1, 0.15) is 5.78 Å². The maximum absolute atomic E-state index is 12.5. The van der Waals surface area contributed by atoms with Crippen LogP contribution in [0.2, 0.25) is 0 Å². The standard InChI is InChI=1S/C14H15BrO2S.BF2/c1-7(2)13-11(8(3)16)12(17)9-5-4-6-10(15)14(9)18-13;2-1-3/h4-7,11,13H,1-3H3;. The summed E-state index contributed by atoms with van der Waals surface area (Å²) in [5.41, 5.74) is 0.673. The average Bonchev–Trinajstić information content (AvgIpc) is 2.39. The topological polar surface area (TPSA) is 34.1 Å². The van der Waals surface area contributed by atoms with E-state index in [2.05, 4.69) is 29.8 Å². The van der Waals surface area contributed by atoms with Crippen molar-refractivity contribution in [1.82, 2.24) is 0 Å². The van der Waals surface area contributed by atoms with Crippen molar-refractivity contribution in [2.24, 2.45) is 11.8 Å². The molecule has 2 rings (SSSR count). The molecule has 0 aliphatic carbocycles. The molecule has 0 amide bonds. The van der Waals surface area contributed by atoms with Gasteiger partial charge in [-0.25, -0.2) is 0 Å². The van der Waals surface area contributed by atoms with Gasteiger partial charge in [0.05, 0.1) is 5.92 Å². The third-order valence-electron chi connectivity index (χ3n) is 3.19. The number of carbonyl (C=O) groups excluding carboxylic acids is 2. The van der Waals surface area contributed by atoms with E-state index in [4.69, 9.17) is 0 Å². The zero-order valence-corrected chi connectivity index (χ0v) is 14.3. The fourth-order valence-electron chi connectivity index (χ4n) is 2.28. The lowest BCUT2D eigenvalue weighted by atomic mass is 9.86. The Balaban J connectivity index is 0.000000677. The number of Topliss-reactive ketones (excluding diaryl/α,β-unsaturated/α-hetero) is 2. The van der Waals surface area contributed by atoms with Crippen LogP contribution < -0.4 is 0 Å². The number of carbonyl (C=O) groups is 2. The monoisotopic (exact) mass is 375 g/mol. The third kappa shape index (κ3) is 4.16. The summed E-state index contributed by atoms with van der Waals surface area (Å²) in [6, 6.07) is 5.58. The Kier molecular flexibility index (Phi) is 7.07. The van der Waals surface area contributed by atoms with Crippen molar-refractivity contribution in [3.8, 4) is 0 Å². The van der Waals surface area contributed by atoms with Crippen LogP contribution in [-0.4, -0.2) is 24.7 Å². The van der Waals surface area contributed by atoms with Crippen LogP contribution in [-0.2, 0) is 4.79 Å². The first-order chi connectivity index (χ1) is 9.84. The largest absolute Gasteiger partial charge is 0.577 e. The van der Waals surface area contributed by atoms with Crippen molar-refractivity contribution in [2.45, 2.75) is 30.9 Å². The number of hydrogen-bond acceptors (Lipinski definition) is 3. The molecule has 113 valence electrons. The first-order valence-electron chi connectivity index (χ1n) is 6.37. The van der Waals surface area contributed by atoms with Crippen molar-refractivity contribution < 1.29 is 18.2 Å². The molecule has 1 aromatic rings. The molecular formula is C14H15BBrF2O2S. The summed E-state index contributed by atoms with van der Waals surface area (Å²) in [6.45, 7) is 5.63. The van der Waals surface area contributed by atoms with Gasteiger partial charge in [-0.05, 0) is 34.8 Å². The van der Waals surface area contributed by atoms with Crippen LogP contribution in [0.15, 0.2) is 27.6 Å². The molecule has 2 atom stereocenters. The molecule has 1 aromatic carbocycles. The molecule has 0 spiro atoms. The number of ketones is 2. The Morgan fingerprint density at radius 1 is 1.38 bits per heavy atom. The van der Waals surface area contributed by atoms with Crippen LogP contribution in [0.1, 0.15) is 31.1 Å². The highest BCUT2D eigenvalue weighted by Crippen LogP contribution is 2.45. The first-order valence-corrected chi connectivity index (χ1v) is 8.04. The Morgan fingerprint density at radius 2 is 1.95 bits per heavy atom. The van der Waals surface area contributed by atoms with Gasteiger partial charge in [-0.2, -0.15) is 0 Å². The van der Waals surface area contributed by atoms with E-state index in [0.29, 0.717) is 5.56 Å². The van der Waals surface area contributed by atoms with Crippen LogP contribution in [0.25, 0.3) is 0 Å². The maximum Gasteiger partial charge on any atom is 0.577 e. The van der Waals surface area contributed by atoms with E-state index in [9.17, 15) is 18.2 Å².